The molecule has 3 heteroatoms. The highest BCUT2D eigenvalue weighted by Crippen LogP contribution is 2.25. The molecule has 0 bridgehead atoms. The number of nitrogens with two attached hydrogens (primary N) is 1. The summed E-state index contributed by atoms with van der Waals surface area (Å²) < 4.78 is 0. The van der Waals surface area contributed by atoms with Crippen molar-refractivity contribution in [2.24, 2.45) is 5.73 Å². The topological polar surface area (TPSA) is 26.0 Å². The maximum Gasteiger partial charge on any atom is 0.0395 e. The first kappa shape index (κ1) is 12.7. The number of allylic oxidation sites excluding steroid dienone is 1. The molecule has 13 heavy (non-hydrogen) atoms. The van der Waals surface area contributed by atoms with E-state index in [0.29, 0.717) is 0 Å². The molecule has 0 spiro atoms. The Hall–Kier alpha value is -0.310. The molecule has 0 unspecified atom stereocenters. The summed E-state index contributed by atoms with van der Waals surface area (Å²) in [6.07, 6.45) is 3.92. The predicted molar refractivity (Wildman–Crippen MR) is 62.7 cm³/mol. The summed E-state index contributed by atoms with van der Waals surface area (Å²) >= 11 is 1.75. The lowest BCUT2D eigenvalue weighted by Gasteiger charge is -2.08. The fourth-order valence-electron chi connectivity index (χ4n) is 1.19. The van der Waals surface area contributed by atoms with E-state index in [1.165, 1.54) is 10.4 Å². The Morgan fingerprint density at radius 1 is 1.69 bits per heavy atom. The first-order valence-corrected chi connectivity index (χ1v) is 5.04. The van der Waals surface area contributed by atoms with Crippen LogP contribution in [0.1, 0.15) is 29.3 Å². The van der Waals surface area contributed by atoms with Crippen LogP contribution in [0, 0.1) is 6.92 Å². The summed E-state index contributed by atoms with van der Waals surface area (Å²) in [5, 5.41) is 2.10. The summed E-state index contributed by atoms with van der Waals surface area (Å²) in [4.78, 5) is 1.32. The molecule has 1 atom stereocenters. The van der Waals surface area contributed by atoms with E-state index in [4.69, 9.17) is 5.73 Å². The second-order valence-corrected chi connectivity index (χ2v) is 3.89. The van der Waals surface area contributed by atoms with Gasteiger partial charge in [0.15, 0.2) is 0 Å². The largest absolute Gasteiger partial charge is 0.323 e. The van der Waals surface area contributed by atoms with E-state index in [1.807, 2.05) is 6.08 Å². The van der Waals surface area contributed by atoms with Gasteiger partial charge in [-0.1, -0.05) is 6.08 Å². The number of thiophene rings is 1. The van der Waals surface area contributed by atoms with E-state index in [-0.39, 0.29) is 18.4 Å². The van der Waals surface area contributed by atoms with Gasteiger partial charge in [-0.2, -0.15) is 0 Å². The molecule has 0 aromatic carbocycles. The molecule has 1 aromatic rings. The van der Waals surface area contributed by atoms with E-state index in [0.717, 1.165) is 12.8 Å². The maximum atomic E-state index is 5.99. The molecule has 0 saturated carbocycles. The molecular weight excluding hydrogens is 202 g/mol. The number of hydrogen-bond donors (Lipinski definition) is 1. The Balaban J connectivity index is 0.00000144. The minimum Gasteiger partial charge on any atom is -0.323 e. The molecule has 74 valence electrons. The van der Waals surface area contributed by atoms with Gasteiger partial charge in [-0.05, 0) is 36.8 Å². The zero-order chi connectivity index (χ0) is 8.97. The average molecular weight is 218 g/mol. The third kappa shape index (κ3) is 3.51. The van der Waals surface area contributed by atoms with Crippen LogP contribution >= 0.6 is 23.7 Å². The average Bonchev–Trinajstić information content (AvgIpc) is 2.47. The first-order valence-electron chi connectivity index (χ1n) is 4.16. The standard InChI is InChI=1S/C10H15NS.ClH/c1-3-4-5-9(11)10-8(2)6-7-12-10;/h3,6-7,9H,1,4-5,11H2,2H3;1H/t9-;/m0./s1. The van der Waals surface area contributed by atoms with Crippen LogP contribution in [0.15, 0.2) is 24.1 Å². The molecular formula is C10H16ClNS. The number of halogens is 1. The van der Waals surface area contributed by atoms with Gasteiger partial charge in [0.25, 0.3) is 0 Å². The Morgan fingerprint density at radius 3 is 2.85 bits per heavy atom. The highest BCUT2D eigenvalue weighted by Gasteiger charge is 2.08. The zero-order valence-corrected chi connectivity index (χ0v) is 9.46. The zero-order valence-electron chi connectivity index (χ0n) is 7.82. The molecule has 1 nitrogen and oxygen atoms in total. The van der Waals surface area contributed by atoms with Gasteiger partial charge in [0.2, 0.25) is 0 Å². The highest BCUT2D eigenvalue weighted by atomic mass is 35.5. The predicted octanol–water partition coefficient (Wildman–Crippen LogP) is 3.44. The molecule has 1 aromatic heterocycles. The Labute approximate surface area is 90.1 Å². The van der Waals surface area contributed by atoms with Gasteiger partial charge in [-0.15, -0.1) is 30.3 Å². The van der Waals surface area contributed by atoms with Gasteiger partial charge < -0.3 is 5.73 Å². The van der Waals surface area contributed by atoms with Crippen molar-refractivity contribution in [2.45, 2.75) is 25.8 Å². The van der Waals surface area contributed by atoms with Crippen LogP contribution in [0.4, 0.5) is 0 Å². The van der Waals surface area contributed by atoms with Gasteiger partial charge in [-0.3, -0.25) is 0 Å². The number of rotatable bonds is 4. The second-order valence-electron chi connectivity index (χ2n) is 2.94. The summed E-state index contributed by atoms with van der Waals surface area (Å²) in [5.74, 6) is 0. The molecule has 0 aliphatic heterocycles. The van der Waals surface area contributed by atoms with Gasteiger partial charge in [0, 0.05) is 10.9 Å². The molecule has 0 radical (unpaired) electrons. The molecule has 0 amide bonds. The quantitative estimate of drug-likeness (QED) is 0.769. The molecule has 0 aliphatic carbocycles. The normalized spacial score (nSPS) is 11.8. The smallest absolute Gasteiger partial charge is 0.0395 e. The van der Waals surface area contributed by atoms with Crippen molar-refractivity contribution in [1.29, 1.82) is 0 Å². The summed E-state index contributed by atoms with van der Waals surface area (Å²) in [6, 6.07) is 2.32. The fourth-order valence-corrected chi connectivity index (χ4v) is 2.16. The van der Waals surface area contributed by atoms with Crippen LogP contribution in [0.5, 0.6) is 0 Å². The fraction of sp³-hybridized carbons (Fsp3) is 0.400. The number of hydrogen-bond acceptors (Lipinski definition) is 2. The van der Waals surface area contributed by atoms with Crippen molar-refractivity contribution in [3.63, 3.8) is 0 Å². The van der Waals surface area contributed by atoms with Crippen molar-refractivity contribution in [3.8, 4) is 0 Å². The van der Waals surface area contributed by atoms with Crippen LogP contribution in [0.25, 0.3) is 0 Å². The van der Waals surface area contributed by atoms with Crippen LogP contribution in [-0.2, 0) is 0 Å². The lowest BCUT2D eigenvalue weighted by Crippen LogP contribution is -2.08. The molecule has 1 heterocycles. The molecule has 0 aliphatic rings. The minimum absolute atomic E-state index is 0. The Morgan fingerprint density at radius 2 is 2.38 bits per heavy atom. The van der Waals surface area contributed by atoms with Gasteiger partial charge in [0.05, 0.1) is 0 Å². The van der Waals surface area contributed by atoms with E-state index < -0.39 is 0 Å². The van der Waals surface area contributed by atoms with E-state index in [1.54, 1.807) is 11.3 Å². The molecule has 1 rings (SSSR count). The van der Waals surface area contributed by atoms with Crippen molar-refractivity contribution < 1.29 is 0 Å². The third-order valence-corrected chi connectivity index (χ3v) is 3.07. The lowest BCUT2D eigenvalue weighted by molar-refractivity contribution is 0.669. The molecule has 2 N–H and O–H groups in total. The Bertz CT molecular complexity index is 257. The van der Waals surface area contributed by atoms with Crippen molar-refractivity contribution >= 4 is 23.7 Å². The minimum atomic E-state index is 0. The van der Waals surface area contributed by atoms with E-state index in [2.05, 4.69) is 24.9 Å². The third-order valence-electron chi connectivity index (χ3n) is 1.92. The molecule has 0 fully saturated rings. The van der Waals surface area contributed by atoms with Crippen LogP contribution in [-0.4, -0.2) is 0 Å². The Kier molecular flexibility index (Phi) is 6.04. The number of aryl methyl sites for hydroxylation is 1. The van der Waals surface area contributed by atoms with Gasteiger partial charge in [0.1, 0.15) is 0 Å². The van der Waals surface area contributed by atoms with Gasteiger partial charge >= 0.3 is 0 Å². The molecule has 0 saturated heterocycles. The summed E-state index contributed by atoms with van der Waals surface area (Å²) in [5.41, 5.74) is 7.31. The monoisotopic (exact) mass is 217 g/mol. The lowest BCUT2D eigenvalue weighted by atomic mass is 10.1. The van der Waals surface area contributed by atoms with Crippen LogP contribution in [0.2, 0.25) is 0 Å². The van der Waals surface area contributed by atoms with E-state index in [9.17, 15) is 0 Å². The van der Waals surface area contributed by atoms with Crippen LogP contribution < -0.4 is 5.73 Å². The van der Waals surface area contributed by atoms with Crippen molar-refractivity contribution in [1.82, 2.24) is 0 Å². The van der Waals surface area contributed by atoms with E-state index >= 15 is 0 Å². The summed E-state index contributed by atoms with van der Waals surface area (Å²) in [6.45, 7) is 5.79. The highest BCUT2D eigenvalue weighted by molar-refractivity contribution is 7.10. The maximum absolute atomic E-state index is 5.99. The van der Waals surface area contributed by atoms with Crippen molar-refractivity contribution in [2.75, 3.05) is 0 Å². The summed E-state index contributed by atoms with van der Waals surface area (Å²) in [7, 11) is 0. The van der Waals surface area contributed by atoms with Crippen LogP contribution in [0.3, 0.4) is 0 Å². The van der Waals surface area contributed by atoms with Gasteiger partial charge in [-0.25, -0.2) is 0 Å². The first-order chi connectivity index (χ1) is 5.75. The SMILES string of the molecule is C=CCC[C@H](N)c1sccc1C.Cl. The van der Waals surface area contributed by atoms with Crippen molar-refractivity contribution in [3.05, 3.63) is 34.5 Å². The second kappa shape index (κ2) is 6.19.